The lowest BCUT2D eigenvalue weighted by atomic mass is 10.1. The van der Waals surface area contributed by atoms with Crippen LogP contribution in [0.1, 0.15) is 13.8 Å². The molecule has 2 saturated heterocycles. The Kier molecular flexibility index (Phi) is 3.47. The topological polar surface area (TPSA) is 89.1 Å². The van der Waals surface area contributed by atoms with Crippen LogP contribution in [0.3, 0.4) is 0 Å². The van der Waals surface area contributed by atoms with Gasteiger partial charge in [0.1, 0.15) is 24.4 Å². The molecule has 4 atom stereocenters. The largest absolute Gasteiger partial charge is 0.394 e. The second-order valence-electron chi connectivity index (χ2n) is 6.02. The molecule has 1 unspecified atom stereocenters. The number of halogens is 1. The Bertz CT molecular complexity index is 708. The van der Waals surface area contributed by atoms with E-state index in [2.05, 4.69) is 15.0 Å². The highest BCUT2D eigenvalue weighted by atomic mass is 35.5. The van der Waals surface area contributed by atoms with Crippen LogP contribution in [-0.2, 0) is 14.2 Å². The summed E-state index contributed by atoms with van der Waals surface area (Å²) in [5, 5.41) is 9.80. The molecular weight excluding hydrogens is 324 g/mol. The normalized spacial score (nSPS) is 35.7. The number of ether oxygens (including phenoxy) is 3. The quantitative estimate of drug-likeness (QED) is 0.633. The Morgan fingerprint density at radius 1 is 1.35 bits per heavy atom. The smallest absolute Gasteiger partial charge is 0.314 e. The molecule has 4 rings (SSSR count). The van der Waals surface area contributed by atoms with Crippen LogP contribution in [0.5, 0.6) is 0 Å². The van der Waals surface area contributed by atoms with Gasteiger partial charge in [-0.1, -0.05) is 16.6 Å². The average Bonchev–Trinajstić information content (AvgIpc) is 3.13. The van der Waals surface area contributed by atoms with Crippen molar-refractivity contribution in [1.82, 2.24) is 9.97 Å². The van der Waals surface area contributed by atoms with Gasteiger partial charge in [-0.05, 0) is 13.8 Å². The monoisotopic (exact) mass is 339 g/mol. The van der Waals surface area contributed by atoms with Crippen molar-refractivity contribution in [2.45, 2.75) is 44.1 Å². The van der Waals surface area contributed by atoms with Crippen LogP contribution in [0.4, 0.5) is 11.5 Å². The summed E-state index contributed by atoms with van der Waals surface area (Å²) in [4.78, 5) is 12.3. The van der Waals surface area contributed by atoms with Crippen LogP contribution in [0.15, 0.2) is 11.3 Å². The second-order valence-corrected chi connectivity index (χ2v) is 6.38. The average molecular weight is 340 g/mol. The van der Waals surface area contributed by atoms with E-state index in [0.29, 0.717) is 16.7 Å². The lowest BCUT2D eigenvalue weighted by Gasteiger charge is -2.22. The minimum absolute atomic E-state index is 0.135. The summed E-state index contributed by atoms with van der Waals surface area (Å²) in [5.74, 6) is -0.128. The van der Waals surface area contributed by atoms with Crippen molar-refractivity contribution in [3.63, 3.8) is 0 Å². The zero-order valence-electron chi connectivity index (χ0n) is 12.6. The number of hydrogen-bond donors (Lipinski definition) is 1. The van der Waals surface area contributed by atoms with Crippen molar-refractivity contribution in [2.75, 3.05) is 6.61 Å². The lowest BCUT2D eigenvalue weighted by molar-refractivity contribution is -0.295. The zero-order valence-corrected chi connectivity index (χ0v) is 13.3. The van der Waals surface area contributed by atoms with Gasteiger partial charge in [0.2, 0.25) is 6.34 Å². The van der Waals surface area contributed by atoms with Gasteiger partial charge in [0.25, 0.3) is 5.69 Å². The Morgan fingerprint density at radius 3 is 2.91 bits per heavy atom. The van der Waals surface area contributed by atoms with Crippen LogP contribution in [0.25, 0.3) is 0 Å². The first-order valence-electron chi connectivity index (χ1n) is 7.28. The SMILES string of the molecule is CC1(C)O[C@@H]2[C@@H](CO)OC(/C=[N+]3/C=Nc4c(Cl)ncnc43)[C@@H]2O1. The summed E-state index contributed by atoms with van der Waals surface area (Å²) in [6.45, 7) is 3.55. The molecular formula is C14H16ClN4O4+. The molecule has 9 heteroatoms. The minimum atomic E-state index is -0.707. The van der Waals surface area contributed by atoms with E-state index in [1.807, 2.05) is 13.8 Å². The van der Waals surface area contributed by atoms with Gasteiger partial charge >= 0.3 is 5.82 Å². The van der Waals surface area contributed by atoms with Gasteiger partial charge in [0, 0.05) is 0 Å². The van der Waals surface area contributed by atoms with E-state index >= 15 is 0 Å². The Labute approximate surface area is 137 Å². The molecule has 1 aromatic heterocycles. The fourth-order valence-corrected chi connectivity index (χ4v) is 3.25. The van der Waals surface area contributed by atoms with Crippen molar-refractivity contribution in [1.29, 1.82) is 0 Å². The molecule has 0 spiro atoms. The van der Waals surface area contributed by atoms with Gasteiger partial charge in [-0.15, -0.1) is 4.99 Å². The molecule has 0 aliphatic carbocycles. The predicted molar refractivity (Wildman–Crippen MR) is 80.8 cm³/mol. The summed E-state index contributed by atoms with van der Waals surface area (Å²) in [7, 11) is 0. The first-order chi connectivity index (χ1) is 11.0. The highest BCUT2D eigenvalue weighted by Gasteiger charge is 2.55. The molecule has 0 aromatic carbocycles. The van der Waals surface area contributed by atoms with Gasteiger partial charge in [0.15, 0.2) is 17.3 Å². The fraction of sp³-hybridized carbons (Fsp3) is 0.571. The maximum Gasteiger partial charge on any atom is 0.314 e. The Morgan fingerprint density at radius 2 is 2.13 bits per heavy atom. The van der Waals surface area contributed by atoms with Gasteiger partial charge < -0.3 is 19.3 Å². The molecule has 3 aliphatic rings. The molecule has 1 N–H and O–H groups in total. The number of aliphatic hydroxyl groups is 1. The highest BCUT2D eigenvalue weighted by Crippen LogP contribution is 2.39. The first kappa shape index (κ1) is 15.1. The summed E-state index contributed by atoms with van der Waals surface area (Å²) in [6, 6.07) is 0. The van der Waals surface area contributed by atoms with Crippen molar-refractivity contribution in [3.05, 3.63) is 11.5 Å². The first-order valence-corrected chi connectivity index (χ1v) is 7.66. The number of fused-ring (bicyclic) bond motifs is 2. The Hall–Kier alpha value is -1.45. The number of aromatic nitrogens is 2. The molecule has 3 aliphatic heterocycles. The molecule has 8 nitrogen and oxygen atoms in total. The summed E-state index contributed by atoms with van der Waals surface area (Å²) >= 11 is 6.01. The van der Waals surface area contributed by atoms with Crippen molar-refractivity contribution in [2.24, 2.45) is 4.99 Å². The number of nitrogens with zero attached hydrogens (tertiary/aromatic N) is 4. The van der Waals surface area contributed by atoms with Gasteiger partial charge in [-0.3, -0.25) is 0 Å². The van der Waals surface area contributed by atoms with Gasteiger partial charge in [-0.25, -0.2) is 9.56 Å². The van der Waals surface area contributed by atoms with E-state index in [-0.39, 0.29) is 18.8 Å². The summed E-state index contributed by atoms with van der Waals surface area (Å²) in [5.41, 5.74) is 0.516. The lowest BCUT2D eigenvalue weighted by Crippen LogP contribution is -2.32. The van der Waals surface area contributed by atoms with Crippen LogP contribution in [-0.4, -0.2) is 69.0 Å². The number of hydrogen-bond acceptors (Lipinski definition) is 7. The van der Waals surface area contributed by atoms with E-state index in [9.17, 15) is 5.11 Å². The maximum absolute atomic E-state index is 9.50. The highest BCUT2D eigenvalue weighted by molar-refractivity contribution is 6.32. The van der Waals surface area contributed by atoms with Crippen molar-refractivity contribution >= 4 is 35.7 Å². The second kappa shape index (κ2) is 5.29. The Balaban J connectivity index is 1.65. The van der Waals surface area contributed by atoms with Gasteiger partial charge in [0.05, 0.1) is 12.8 Å². The molecule has 0 radical (unpaired) electrons. The zero-order chi connectivity index (χ0) is 16.2. The van der Waals surface area contributed by atoms with Crippen LogP contribution in [0.2, 0.25) is 5.15 Å². The third-order valence-electron chi connectivity index (χ3n) is 3.99. The standard InChI is InChI=1S/C14H16ClN4O4/c1-14(2)22-10-7(21-8(4-20)11(10)23-14)3-19-6-18-9-12(15)16-5-17-13(9)19/h3,5-8,10-11,20H,4H2,1-2H3/q+1/b19-3-/t7?,8-,10+,11-/m1/s1. The number of rotatable bonds is 2. The van der Waals surface area contributed by atoms with E-state index in [4.69, 9.17) is 25.8 Å². The van der Waals surface area contributed by atoms with E-state index in [1.54, 1.807) is 17.1 Å². The predicted octanol–water partition coefficient (Wildman–Crippen LogP) is 0.798. The molecule has 0 bridgehead atoms. The number of aliphatic imine (C=N–C) groups is 1. The maximum atomic E-state index is 9.50. The molecule has 1 aromatic rings. The van der Waals surface area contributed by atoms with Crippen LogP contribution < -0.4 is 0 Å². The van der Waals surface area contributed by atoms with Crippen LogP contribution >= 0.6 is 11.6 Å². The van der Waals surface area contributed by atoms with E-state index in [0.717, 1.165) is 0 Å². The summed E-state index contributed by atoms with van der Waals surface area (Å²) < 4.78 is 19.3. The van der Waals surface area contributed by atoms with Crippen molar-refractivity contribution < 1.29 is 23.9 Å². The van der Waals surface area contributed by atoms with E-state index < -0.39 is 18.0 Å². The van der Waals surface area contributed by atoms with Gasteiger partial charge in [-0.2, -0.15) is 0 Å². The molecule has 0 amide bonds. The van der Waals surface area contributed by atoms with Crippen molar-refractivity contribution in [3.8, 4) is 0 Å². The fourth-order valence-electron chi connectivity index (χ4n) is 3.07. The molecule has 23 heavy (non-hydrogen) atoms. The third-order valence-corrected chi connectivity index (χ3v) is 4.26. The van der Waals surface area contributed by atoms with E-state index in [1.165, 1.54) is 6.33 Å². The third kappa shape index (κ3) is 2.47. The minimum Gasteiger partial charge on any atom is -0.394 e. The number of aliphatic hydroxyl groups excluding tert-OH is 1. The summed E-state index contributed by atoms with van der Waals surface area (Å²) in [6.07, 6.45) is 3.32. The molecule has 4 heterocycles. The van der Waals surface area contributed by atoms with Crippen LogP contribution in [0, 0.1) is 0 Å². The molecule has 0 saturated carbocycles. The molecule has 122 valence electrons. The molecule has 2 fully saturated rings.